The maximum absolute atomic E-state index is 5.85. The normalized spacial score (nSPS) is 13.2. The third-order valence-electron chi connectivity index (χ3n) is 2.70. The van der Waals surface area contributed by atoms with E-state index < -0.39 is 0 Å². The summed E-state index contributed by atoms with van der Waals surface area (Å²) in [5, 5.41) is 4.57. The lowest BCUT2D eigenvalue weighted by Gasteiger charge is -2.11. The first-order chi connectivity index (χ1) is 7.74. The molecule has 0 aliphatic rings. The number of hydrogen-bond acceptors (Lipinski definition) is 2. The van der Waals surface area contributed by atoms with Gasteiger partial charge in [-0.2, -0.15) is 0 Å². The SMILES string of the molecule is CCNC(CC)c1cc2cc(Br)ccc2o1. The summed E-state index contributed by atoms with van der Waals surface area (Å²) in [4.78, 5) is 0. The highest BCUT2D eigenvalue weighted by atomic mass is 79.9. The molecule has 1 N–H and O–H groups in total. The van der Waals surface area contributed by atoms with E-state index in [9.17, 15) is 0 Å². The molecule has 2 aromatic rings. The molecule has 1 unspecified atom stereocenters. The van der Waals surface area contributed by atoms with Crippen molar-refractivity contribution < 1.29 is 4.42 Å². The number of fused-ring (bicyclic) bond motifs is 1. The fourth-order valence-corrected chi connectivity index (χ4v) is 2.28. The van der Waals surface area contributed by atoms with Gasteiger partial charge in [-0.1, -0.05) is 29.8 Å². The minimum absolute atomic E-state index is 0.316. The molecule has 0 saturated carbocycles. The second kappa shape index (κ2) is 5.02. The highest BCUT2D eigenvalue weighted by Gasteiger charge is 2.13. The molecule has 2 nitrogen and oxygen atoms in total. The predicted octanol–water partition coefficient (Wildman–Crippen LogP) is 4.26. The minimum atomic E-state index is 0.316. The summed E-state index contributed by atoms with van der Waals surface area (Å²) in [6, 6.07) is 8.53. The van der Waals surface area contributed by atoms with Crippen LogP contribution in [0.5, 0.6) is 0 Å². The summed E-state index contributed by atoms with van der Waals surface area (Å²) in [6.07, 6.45) is 1.04. The van der Waals surface area contributed by atoms with Crippen molar-refractivity contribution in [1.29, 1.82) is 0 Å². The number of benzene rings is 1. The lowest BCUT2D eigenvalue weighted by Crippen LogP contribution is -2.19. The number of furan rings is 1. The molecule has 1 atom stereocenters. The van der Waals surface area contributed by atoms with E-state index in [1.807, 2.05) is 12.1 Å². The topological polar surface area (TPSA) is 25.2 Å². The van der Waals surface area contributed by atoms with Gasteiger partial charge in [0.15, 0.2) is 0 Å². The molecule has 0 radical (unpaired) electrons. The predicted molar refractivity (Wildman–Crippen MR) is 70.6 cm³/mol. The van der Waals surface area contributed by atoms with Gasteiger partial charge in [0.25, 0.3) is 0 Å². The van der Waals surface area contributed by atoms with Gasteiger partial charge in [0, 0.05) is 9.86 Å². The van der Waals surface area contributed by atoms with Crippen LogP contribution in [0, 0.1) is 0 Å². The van der Waals surface area contributed by atoms with Crippen LogP contribution in [0.15, 0.2) is 33.2 Å². The first-order valence-corrected chi connectivity index (χ1v) is 6.46. The summed E-state index contributed by atoms with van der Waals surface area (Å²) in [7, 11) is 0. The molecule has 3 heteroatoms. The van der Waals surface area contributed by atoms with Gasteiger partial charge in [0.2, 0.25) is 0 Å². The average molecular weight is 282 g/mol. The van der Waals surface area contributed by atoms with Crippen molar-refractivity contribution in [1.82, 2.24) is 5.32 Å². The number of rotatable bonds is 4. The molecule has 0 bridgehead atoms. The highest BCUT2D eigenvalue weighted by Crippen LogP contribution is 2.27. The van der Waals surface area contributed by atoms with Crippen molar-refractivity contribution in [3.8, 4) is 0 Å². The third kappa shape index (κ3) is 2.30. The van der Waals surface area contributed by atoms with Gasteiger partial charge < -0.3 is 9.73 Å². The second-order valence-corrected chi connectivity index (χ2v) is 4.77. The van der Waals surface area contributed by atoms with Crippen LogP contribution in [0.25, 0.3) is 11.0 Å². The Labute approximate surface area is 104 Å². The molecular weight excluding hydrogens is 266 g/mol. The van der Waals surface area contributed by atoms with Crippen molar-refractivity contribution >= 4 is 26.9 Å². The van der Waals surface area contributed by atoms with Gasteiger partial charge >= 0.3 is 0 Å². The van der Waals surface area contributed by atoms with E-state index >= 15 is 0 Å². The second-order valence-electron chi connectivity index (χ2n) is 3.85. The van der Waals surface area contributed by atoms with Crippen LogP contribution in [0.2, 0.25) is 0 Å². The molecular formula is C13H16BrNO. The zero-order valence-corrected chi connectivity index (χ0v) is 11.2. The van der Waals surface area contributed by atoms with Gasteiger partial charge in [-0.05, 0) is 37.2 Å². The van der Waals surface area contributed by atoms with E-state index in [-0.39, 0.29) is 0 Å². The fourth-order valence-electron chi connectivity index (χ4n) is 1.90. The molecule has 86 valence electrons. The standard InChI is InChI=1S/C13H16BrNO/c1-3-11(15-4-2)13-8-9-7-10(14)5-6-12(9)16-13/h5-8,11,15H,3-4H2,1-2H3. The zero-order chi connectivity index (χ0) is 11.5. The fraction of sp³-hybridized carbons (Fsp3) is 0.385. The van der Waals surface area contributed by atoms with Crippen LogP contribution in [0.1, 0.15) is 32.1 Å². The Kier molecular flexibility index (Phi) is 3.66. The molecule has 1 aromatic heterocycles. The highest BCUT2D eigenvalue weighted by molar-refractivity contribution is 9.10. The van der Waals surface area contributed by atoms with Crippen LogP contribution in [-0.2, 0) is 0 Å². The molecule has 0 saturated heterocycles. The van der Waals surface area contributed by atoms with E-state index in [0.29, 0.717) is 6.04 Å². The Morgan fingerprint density at radius 1 is 1.31 bits per heavy atom. The van der Waals surface area contributed by atoms with Gasteiger partial charge in [-0.3, -0.25) is 0 Å². The van der Waals surface area contributed by atoms with Crippen molar-refractivity contribution in [3.05, 3.63) is 34.5 Å². The molecule has 0 aliphatic carbocycles. The van der Waals surface area contributed by atoms with Gasteiger partial charge in [0.05, 0.1) is 6.04 Å². The largest absolute Gasteiger partial charge is 0.459 e. The van der Waals surface area contributed by atoms with E-state index in [0.717, 1.165) is 34.2 Å². The minimum Gasteiger partial charge on any atom is -0.459 e. The maximum Gasteiger partial charge on any atom is 0.134 e. The van der Waals surface area contributed by atoms with Crippen molar-refractivity contribution in [3.63, 3.8) is 0 Å². The monoisotopic (exact) mass is 281 g/mol. The van der Waals surface area contributed by atoms with Crippen LogP contribution >= 0.6 is 15.9 Å². The Morgan fingerprint density at radius 3 is 2.81 bits per heavy atom. The van der Waals surface area contributed by atoms with Crippen molar-refractivity contribution in [2.24, 2.45) is 0 Å². The molecule has 1 aromatic carbocycles. The summed E-state index contributed by atoms with van der Waals surface area (Å²) in [5.41, 5.74) is 0.953. The van der Waals surface area contributed by atoms with E-state index in [2.05, 4.69) is 47.2 Å². The maximum atomic E-state index is 5.85. The molecule has 0 amide bonds. The van der Waals surface area contributed by atoms with Crippen LogP contribution in [0.4, 0.5) is 0 Å². The van der Waals surface area contributed by atoms with E-state index in [1.165, 1.54) is 0 Å². The first-order valence-electron chi connectivity index (χ1n) is 5.67. The molecule has 2 rings (SSSR count). The van der Waals surface area contributed by atoms with E-state index in [1.54, 1.807) is 0 Å². The summed E-state index contributed by atoms with van der Waals surface area (Å²) >= 11 is 3.47. The van der Waals surface area contributed by atoms with Crippen molar-refractivity contribution in [2.75, 3.05) is 6.54 Å². The van der Waals surface area contributed by atoms with Gasteiger partial charge in [-0.15, -0.1) is 0 Å². The first kappa shape index (κ1) is 11.7. The molecule has 0 spiro atoms. The van der Waals surface area contributed by atoms with Gasteiger partial charge in [0.1, 0.15) is 11.3 Å². The van der Waals surface area contributed by atoms with Crippen molar-refractivity contribution in [2.45, 2.75) is 26.3 Å². The van der Waals surface area contributed by atoms with E-state index in [4.69, 9.17) is 4.42 Å². The quantitative estimate of drug-likeness (QED) is 0.906. The number of nitrogens with one attached hydrogen (secondary N) is 1. The molecule has 1 heterocycles. The third-order valence-corrected chi connectivity index (χ3v) is 3.19. The molecule has 0 aliphatic heterocycles. The summed E-state index contributed by atoms with van der Waals surface area (Å²) in [5.74, 6) is 1.03. The van der Waals surface area contributed by atoms with Crippen LogP contribution < -0.4 is 5.32 Å². The molecule has 0 fully saturated rings. The number of hydrogen-bond donors (Lipinski definition) is 1. The summed E-state index contributed by atoms with van der Waals surface area (Å²) < 4.78 is 6.93. The molecule has 16 heavy (non-hydrogen) atoms. The van der Waals surface area contributed by atoms with Crippen LogP contribution in [-0.4, -0.2) is 6.54 Å². The zero-order valence-electron chi connectivity index (χ0n) is 9.59. The Balaban J connectivity index is 2.37. The Morgan fingerprint density at radius 2 is 2.12 bits per heavy atom. The Bertz CT molecular complexity index is 478. The van der Waals surface area contributed by atoms with Crippen LogP contribution in [0.3, 0.4) is 0 Å². The lowest BCUT2D eigenvalue weighted by molar-refractivity contribution is 0.428. The average Bonchev–Trinajstić information content (AvgIpc) is 2.68. The lowest BCUT2D eigenvalue weighted by atomic mass is 10.1. The Hall–Kier alpha value is -0.800. The summed E-state index contributed by atoms with van der Waals surface area (Å²) in [6.45, 7) is 5.23. The van der Waals surface area contributed by atoms with Gasteiger partial charge in [-0.25, -0.2) is 0 Å². The number of halogens is 1. The smallest absolute Gasteiger partial charge is 0.134 e.